The zero-order valence-corrected chi connectivity index (χ0v) is 11.3. The van der Waals surface area contributed by atoms with Crippen molar-refractivity contribution in [3.05, 3.63) is 52.7 Å². The zero-order chi connectivity index (χ0) is 13.9. The number of ether oxygens (including phenoxy) is 1. The first-order chi connectivity index (χ1) is 9.80. The number of benzene rings is 1. The lowest BCUT2D eigenvalue weighted by atomic mass is 10.1. The second-order valence-electron chi connectivity index (χ2n) is 5.02. The van der Waals surface area contributed by atoms with Crippen molar-refractivity contribution in [1.29, 1.82) is 0 Å². The molecule has 4 heteroatoms. The van der Waals surface area contributed by atoms with Gasteiger partial charge in [0.2, 0.25) is 5.88 Å². The molecule has 0 unspecified atom stereocenters. The van der Waals surface area contributed by atoms with Gasteiger partial charge in [-0.1, -0.05) is 12.1 Å². The van der Waals surface area contributed by atoms with Gasteiger partial charge in [-0.25, -0.2) is 4.98 Å². The van der Waals surface area contributed by atoms with Gasteiger partial charge in [0.05, 0.1) is 6.61 Å². The Balaban J connectivity index is 1.89. The maximum absolute atomic E-state index is 9.04. The molecule has 20 heavy (non-hydrogen) atoms. The molecule has 0 atom stereocenters. The van der Waals surface area contributed by atoms with Crippen LogP contribution < -0.4 is 10.5 Å². The van der Waals surface area contributed by atoms with Gasteiger partial charge < -0.3 is 15.6 Å². The first-order valence-corrected chi connectivity index (χ1v) is 6.89. The maximum atomic E-state index is 9.04. The summed E-state index contributed by atoms with van der Waals surface area (Å²) >= 11 is 0. The summed E-state index contributed by atoms with van der Waals surface area (Å²) in [4.78, 5) is 4.61. The van der Waals surface area contributed by atoms with E-state index in [2.05, 4.69) is 11.1 Å². The Morgan fingerprint density at radius 1 is 1.20 bits per heavy atom. The molecule has 0 radical (unpaired) electrons. The third-order valence-electron chi connectivity index (χ3n) is 3.63. The van der Waals surface area contributed by atoms with Crippen LogP contribution in [0.4, 0.5) is 0 Å². The number of aliphatic hydroxyl groups is 1. The SMILES string of the molecule is NCc1cc2c(nc1Oc1ccc(CO)cc1)CCC2. The summed E-state index contributed by atoms with van der Waals surface area (Å²) in [5, 5.41) is 9.04. The van der Waals surface area contributed by atoms with E-state index >= 15 is 0 Å². The van der Waals surface area contributed by atoms with Crippen molar-refractivity contribution < 1.29 is 9.84 Å². The number of aliphatic hydroxyl groups excluding tert-OH is 1. The Morgan fingerprint density at radius 3 is 2.70 bits per heavy atom. The van der Waals surface area contributed by atoms with Gasteiger partial charge in [0.25, 0.3) is 0 Å². The van der Waals surface area contributed by atoms with Crippen LogP contribution in [0.3, 0.4) is 0 Å². The highest BCUT2D eigenvalue weighted by molar-refractivity contribution is 5.39. The predicted molar refractivity (Wildman–Crippen MR) is 76.6 cm³/mol. The number of pyridine rings is 1. The van der Waals surface area contributed by atoms with Crippen LogP contribution in [0.5, 0.6) is 11.6 Å². The molecule has 0 aliphatic heterocycles. The number of hydrogen-bond donors (Lipinski definition) is 2. The summed E-state index contributed by atoms with van der Waals surface area (Å²) < 4.78 is 5.85. The molecule has 0 amide bonds. The fourth-order valence-corrected chi connectivity index (χ4v) is 2.51. The summed E-state index contributed by atoms with van der Waals surface area (Å²) in [6.45, 7) is 0.454. The van der Waals surface area contributed by atoms with E-state index < -0.39 is 0 Å². The van der Waals surface area contributed by atoms with Gasteiger partial charge in [-0.3, -0.25) is 0 Å². The minimum Gasteiger partial charge on any atom is -0.439 e. The molecule has 3 N–H and O–H groups in total. The van der Waals surface area contributed by atoms with Crippen LogP contribution in [0.2, 0.25) is 0 Å². The molecule has 104 valence electrons. The monoisotopic (exact) mass is 270 g/mol. The fourth-order valence-electron chi connectivity index (χ4n) is 2.51. The average molecular weight is 270 g/mol. The number of aryl methyl sites for hydroxylation is 2. The van der Waals surface area contributed by atoms with Crippen molar-refractivity contribution >= 4 is 0 Å². The van der Waals surface area contributed by atoms with E-state index in [0.717, 1.165) is 36.1 Å². The van der Waals surface area contributed by atoms with Crippen LogP contribution in [-0.4, -0.2) is 10.1 Å². The molecule has 1 aromatic carbocycles. The van der Waals surface area contributed by atoms with E-state index in [1.54, 1.807) is 0 Å². The van der Waals surface area contributed by atoms with Crippen LogP contribution >= 0.6 is 0 Å². The van der Waals surface area contributed by atoms with Crippen LogP contribution in [0, 0.1) is 0 Å². The second kappa shape index (κ2) is 5.61. The second-order valence-corrected chi connectivity index (χ2v) is 5.02. The number of nitrogens with two attached hydrogens (primary N) is 1. The van der Waals surface area contributed by atoms with E-state index in [1.807, 2.05) is 24.3 Å². The highest BCUT2D eigenvalue weighted by Crippen LogP contribution is 2.29. The minimum atomic E-state index is 0.0332. The molecule has 2 aromatic rings. The van der Waals surface area contributed by atoms with Crippen molar-refractivity contribution in [2.45, 2.75) is 32.4 Å². The molecular formula is C16H18N2O2. The minimum absolute atomic E-state index is 0.0332. The first-order valence-electron chi connectivity index (χ1n) is 6.89. The van der Waals surface area contributed by atoms with E-state index in [1.165, 1.54) is 5.56 Å². The summed E-state index contributed by atoms with van der Waals surface area (Å²) in [6, 6.07) is 9.46. The number of rotatable bonds is 4. The molecule has 1 aliphatic carbocycles. The van der Waals surface area contributed by atoms with Gasteiger partial charge in [0.1, 0.15) is 5.75 Å². The van der Waals surface area contributed by atoms with E-state index in [0.29, 0.717) is 18.2 Å². The summed E-state index contributed by atoms with van der Waals surface area (Å²) in [6.07, 6.45) is 3.25. The molecule has 4 nitrogen and oxygen atoms in total. The molecule has 0 fully saturated rings. The standard InChI is InChI=1S/C16H18N2O2/c17-9-13-8-12-2-1-3-15(12)18-16(13)20-14-6-4-11(10-19)5-7-14/h4-8,19H,1-3,9-10,17H2. The van der Waals surface area contributed by atoms with Crippen LogP contribution in [0.15, 0.2) is 30.3 Å². The van der Waals surface area contributed by atoms with Crippen LogP contribution in [0.1, 0.15) is 28.8 Å². The average Bonchev–Trinajstić information content (AvgIpc) is 2.94. The Morgan fingerprint density at radius 2 is 2.00 bits per heavy atom. The van der Waals surface area contributed by atoms with Gasteiger partial charge in [-0.05, 0) is 48.6 Å². The third-order valence-corrected chi connectivity index (χ3v) is 3.63. The smallest absolute Gasteiger partial charge is 0.223 e. The third kappa shape index (κ3) is 2.53. The normalized spacial score (nSPS) is 13.3. The molecule has 1 aromatic heterocycles. The maximum Gasteiger partial charge on any atom is 0.223 e. The lowest BCUT2D eigenvalue weighted by Gasteiger charge is -2.11. The molecule has 3 rings (SSSR count). The Hall–Kier alpha value is -1.91. The Kier molecular flexibility index (Phi) is 3.67. The molecule has 0 spiro atoms. The summed E-state index contributed by atoms with van der Waals surface area (Å²) in [7, 11) is 0. The predicted octanol–water partition coefficient (Wildman–Crippen LogP) is 2.31. The molecule has 0 saturated heterocycles. The van der Waals surface area contributed by atoms with Crippen LogP contribution in [-0.2, 0) is 26.0 Å². The molecule has 0 bridgehead atoms. The Bertz CT molecular complexity index is 609. The number of nitrogens with zero attached hydrogens (tertiary/aromatic N) is 1. The van der Waals surface area contributed by atoms with Gasteiger partial charge in [-0.2, -0.15) is 0 Å². The quantitative estimate of drug-likeness (QED) is 0.894. The van der Waals surface area contributed by atoms with Crippen molar-refractivity contribution in [3.8, 4) is 11.6 Å². The highest BCUT2D eigenvalue weighted by Gasteiger charge is 2.17. The molecule has 1 aliphatic rings. The largest absolute Gasteiger partial charge is 0.439 e. The van der Waals surface area contributed by atoms with Gasteiger partial charge >= 0.3 is 0 Å². The number of aromatic nitrogens is 1. The number of fused-ring (bicyclic) bond motifs is 1. The lowest BCUT2D eigenvalue weighted by Crippen LogP contribution is -2.04. The first kappa shape index (κ1) is 13.1. The van der Waals surface area contributed by atoms with Crippen molar-refractivity contribution in [2.75, 3.05) is 0 Å². The molecular weight excluding hydrogens is 252 g/mol. The number of hydrogen-bond acceptors (Lipinski definition) is 4. The molecule has 1 heterocycles. The lowest BCUT2D eigenvalue weighted by molar-refractivity contribution is 0.281. The van der Waals surface area contributed by atoms with Gasteiger partial charge in [0, 0.05) is 17.8 Å². The van der Waals surface area contributed by atoms with E-state index in [-0.39, 0.29) is 6.61 Å². The van der Waals surface area contributed by atoms with Crippen LogP contribution in [0.25, 0.3) is 0 Å². The Labute approximate surface area is 118 Å². The van der Waals surface area contributed by atoms with Gasteiger partial charge in [0.15, 0.2) is 0 Å². The molecule has 0 saturated carbocycles. The highest BCUT2D eigenvalue weighted by atomic mass is 16.5. The van der Waals surface area contributed by atoms with Crippen molar-refractivity contribution in [2.24, 2.45) is 5.73 Å². The fraction of sp³-hybridized carbons (Fsp3) is 0.312. The zero-order valence-electron chi connectivity index (χ0n) is 11.3. The van der Waals surface area contributed by atoms with E-state index in [4.69, 9.17) is 15.6 Å². The topological polar surface area (TPSA) is 68.4 Å². The van der Waals surface area contributed by atoms with Crippen molar-refractivity contribution in [3.63, 3.8) is 0 Å². The van der Waals surface area contributed by atoms with Crippen molar-refractivity contribution in [1.82, 2.24) is 4.98 Å². The summed E-state index contributed by atoms with van der Waals surface area (Å²) in [5.74, 6) is 1.31. The van der Waals surface area contributed by atoms with E-state index in [9.17, 15) is 0 Å². The summed E-state index contributed by atoms with van der Waals surface area (Å²) in [5.41, 5.74) is 10.0. The van der Waals surface area contributed by atoms with Gasteiger partial charge in [-0.15, -0.1) is 0 Å².